The number of benzene rings is 1. The Morgan fingerprint density at radius 2 is 2.08 bits per heavy atom. The number of pyridine rings is 2. The number of hydrogen-bond donors (Lipinski definition) is 0. The van der Waals surface area contributed by atoms with Gasteiger partial charge in [-0.25, -0.2) is 4.39 Å². The van der Waals surface area contributed by atoms with Crippen LogP contribution in [0.25, 0.3) is 10.9 Å². The van der Waals surface area contributed by atoms with Crippen LogP contribution in [0.3, 0.4) is 0 Å². The van der Waals surface area contributed by atoms with E-state index in [9.17, 15) is 9.18 Å². The zero-order valence-electron chi connectivity index (χ0n) is 13.6. The number of nitrogens with zero attached hydrogens (tertiary/aromatic N) is 3. The SMILES string of the molecule is O=C(c1cc(C2CC2)nc2ccc(F)cc12)N1CCc2cnccc21. The summed E-state index contributed by atoms with van der Waals surface area (Å²) in [6, 6.07) is 8.20. The van der Waals surface area contributed by atoms with Crippen molar-refractivity contribution < 1.29 is 9.18 Å². The zero-order valence-corrected chi connectivity index (χ0v) is 13.6. The molecular weight excluding hydrogens is 317 g/mol. The summed E-state index contributed by atoms with van der Waals surface area (Å²) < 4.78 is 13.8. The second-order valence-corrected chi connectivity index (χ2v) is 6.74. The largest absolute Gasteiger partial charge is 0.308 e. The van der Waals surface area contributed by atoms with Crippen molar-refractivity contribution in [2.45, 2.75) is 25.2 Å². The van der Waals surface area contributed by atoms with Gasteiger partial charge in [-0.05, 0) is 55.2 Å². The number of rotatable bonds is 2. The molecule has 4 nitrogen and oxygen atoms in total. The maximum absolute atomic E-state index is 13.8. The normalized spacial score (nSPS) is 16.3. The molecule has 1 amide bonds. The highest BCUT2D eigenvalue weighted by atomic mass is 19.1. The van der Waals surface area contributed by atoms with E-state index in [1.807, 2.05) is 18.3 Å². The van der Waals surface area contributed by atoms with Crippen molar-refractivity contribution in [1.29, 1.82) is 0 Å². The minimum Gasteiger partial charge on any atom is -0.308 e. The summed E-state index contributed by atoms with van der Waals surface area (Å²) in [6.45, 7) is 0.623. The first-order valence-corrected chi connectivity index (χ1v) is 8.55. The average molecular weight is 333 g/mol. The number of carbonyl (C=O) groups excluding carboxylic acids is 1. The van der Waals surface area contributed by atoms with Crippen molar-refractivity contribution in [1.82, 2.24) is 9.97 Å². The molecule has 5 heteroatoms. The Kier molecular flexibility index (Phi) is 3.10. The van der Waals surface area contributed by atoms with Gasteiger partial charge in [0.1, 0.15) is 5.82 Å². The molecule has 3 heterocycles. The molecule has 2 aliphatic rings. The van der Waals surface area contributed by atoms with Gasteiger partial charge in [-0.1, -0.05) is 0 Å². The van der Waals surface area contributed by atoms with Crippen molar-refractivity contribution in [3.8, 4) is 0 Å². The van der Waals surface area contributed by atoms with Crippen LogP contribution < -0.4 is 4.90 Å². The predicted molar refractivity (Wildman–Crippen MR) is 93.3 cm³/mol. The molecule has 0 radical (unpaired) electrons. The summed E-state index contributed by atoms with van der Waals surface area (Å²) in [6.07, 6.45) is 6.51. The van der Waals surface area contributed by atoms with Crippen LogP contribution in [0.5, 0.6) is 0 Å². The van der Waals surface area contributed by atoms with E-state index >= 15 is 0 Å². The summed E-state index contributed by atoms with van der Waals surface area (Å²) in [5, 5.41) is 0.580. The molecule has 1 aliphatic heterocycles. The number of hydrogen-bond acceptors (Lipinski definition) is 3. The van der Waals surface area contributed by atoms with Gasteiger partial charge in [-0.15, -0.1) is 0 Å². The van der Waals surface area contributed by atoms with Gasteiger partial charge in [-0.2, -0.15) is 0 Å². The second kappa shape index (κ2) is 5.34. The van der Waals surface area contributed by atoms with Gasteiger partial charge in [0.15, 0.2) is 0 Å². The Hall–Kier alpha value is -2.82. The Bertz CT molecular complexity index is 1010. The molecule has 2 aromatic heterocycles. The first-order chi connectivity index (χ1) is 12.2. The van der Waals surface area contributed by atoms with Crippen LogP contribution in [0.4, 0.5) is 10.1 Å². The molecule has 0 bridgehead atoms. The molecule has 1 fully saturated rings. The highest BCUT2D eigenvalue weighted by Gasteiger charge is 2.30. The second-order valence-electron chi connectivity index (χ2n) is 6.74. The van der Waals surface area contributed by atoms with Crippen LogP contribution in [0.15, 0.2) is 42.7 Å². The molecule has 124 valence electrons. The highest BCUT2D eigenvalue weighted by molar-refractivity contribution is 6.14. The van der Waals surface area contributed by atoms with Crippen molar-refractivity contribution >= 4 is 22.5 Å². The molecule has 1 saturated carbocycles. The monoisotopic (exact) mass is 333 g/mol. The van der Waals surface area contributed by atoms with Crippen LogP contribution in [-0.2, 0) is 6.42 Å². The highest BCUT2D eigenvalue weighted by Crippen LogP contribution is 2.40. The van der Waals surface area contributed by atoms with Gasteiger partial charge < -0.3 is 4.90 Å². The number of fused-ring (bicyclic) bond motifs is 2. The van der Waals surface area contributed by atoms with Gasteiger partial charge in [0.05, 0.1) is 16.8 Å². The molecule has 25 heavy (non-hydrogen) atoms. The fourth-order valence-electron chi connectivity index (χ4n) is 3.57. The van der Waals surface area contributed by atoms with Crippen LogP contribution in [0.1, 0.15) is 40.4 Å². The van der Waals surface area contributed by atoms with Crippen molar-refractivity contribution in [3.05, 3.63) is 65.4 Å². The van der Waals surface area contributed by atoms with Gasteiger partial charge in [0, 0.05) is 35.9 Å². The smallest absolute Gasteiger partial charge is 0.259 e. The van der Waals surface area contributed by atoms with E-state index in [-0.39, 0.29) is 11.7 Å². The maximum atomic E-state index is 13.8. The van der Waals surface area contributed by atoms with Crippen LogP contribution >= 0.6 is 0 Å². The van der Waals surface area contributed by atoms with E-state index in [4.69, 9.17) is 0 Å². The van der Waals surface area contributed by atoms with E-state index in [0.717, 1.165) is 36.2 Å². The van der Waals surface area contributed by atoms with Crippen molar-refractivity contribution in [2.24, 2.45) is 0 Å². The number of anilines is 1. The molecule has 0 atom stereocenters. The molecule has 0 saturated heterocycles. The molecular formula is C20H16FN3O. The summed E-state index contributed by atoms with van der Waals surface area (Å²) in [5.41, 5.74) is 4.13. The molecule has 0 N–H and O–H groups in total. The standard InChI is InChI=1S/C20H16FN3O/c21-14-3-4-17-15(9-14)16(10-18(23-17)12-1-2-12)20(25)24-8-6-13-11-22-7-5-19(13)24/h3-5,7,9-12H,1-2,6,8H2. The molecule has 1 aromatic carbocycles. The van der Waals surface area contributed by atoms with Crippen molar-refractivity contribution in [3.63, 3.8) is 0 Å². The third-order valence-corrected chi connectivity index (χ3v) is 5.04. The average Bonchev–Trinajstić information content (AvgIpc) is 3.39. The predicted octanol–water partition coefficient (Wildman–Crippen LogP) is 3.85. The topological polar surface area (TPSA) is 46.1 Å². The Labute approximate surface area is 144 Å². The number of aromatic nitrogens is 2. The first-order valence-electron chi connectivity index (χ1n) is 8.55. The Morgan fingerprint density at radius 1 is 1.20 bits per heavy atom. The van der Waals surface area contributed by atoms with Crippen LogP contribution in [-0.4, -0.2) is 22.4 Å². The number of halogens is 1. The lowest BCUT2D eigenvalue weighted by Crippen LogP contribution is -2.29. The lowest BCUT2D eigenvalue weighted by Gasteiger charge is -2.19. The minimum atomic E-state index is -0.353. The molecule has 0 unspecified atom stereocenters. The zero-order chi connectivity index (χ0) is 17.0. The summed E-state index contributed by atoms with van der Waals surface area (Å²) in [4.78, 5) is 23.8. The Morgan fingerprint density at radius 3 is 2.92 bits per heavy atom. The fraction of sp³-hybridized carbons (Fsp3) is 0.250. The van der Waals surface area contributed by atoms with E-state index in [1.165, 1.54) is 12.1 Å². The molecule has 5 rings (SSSR count). The molecule has 3 aromatic rings. The quantitative estimate of drug-likeness (QED) is 0.715. The molecule has 0 spiro atoms. The first kappa shape index (κ1) is 14.5. The van der Waals surface area contributed by atoms with E-state index in [2.05, 4.69) is 9.97 Å². The van der Waals surface area contributed by atoms with Gasteiger partial charge in [0.25, 0.3) is 5.91 Å². The van der Waals surface area contributed by atoms with Gasteiger partial charge in [0.2, 0.25) is 0 Å². The third kappa shape index (κ3) is 2.38. The fourth-order valence-corrected chi connectivity index (χ4v) is 3.57. The van der Waals surface area contributed by atoms with E-state index in [0.29, 0.717) is 28.9 Å². The number of carbonyl (C=O) groups is 1. The van der Waals surface area contributed by atoms with Crippen LogP contribution in [0, 0.1) is 5.82 Å². The van der Waals surface area contributed by atoms with Crippen LogP contribution in [0.2, 0.25) is 0 Å². The summed E-state index contributed by atoms with van der Waals surface area (Å²) in [7, 11) is 0. The van der Waals surface area contributed by atoms with Gasteiger partial charge >= 0.3 is 0 Å². The number of amides is 1. The minimum absolute atomic E-state index is 0.0927. The summed E-state index contributed by atoms with van der Waals surface area (Å²) >= 11 is 0. The van der Waals surface area contributed by atoms with E-state index < -0.39 is 0 Å². The maximum Gasteiger partial charge on any atom is 0.259 e. The molecule has 1 aliphatic carbocycles. The summed E-state index contributed by atoms with van der Waals surface area (Å²) in [5.74, 6) is -0.0190. The van der Waals surface area contributed by atoms with E-state index in [1.54, 1.807) is 17.2 Å². The third-order valence-electron chi connectivity index (χ3n) is 5.04. The Balaban J connectivity index is 1.66. The lowest BCUT2D eigenvalue weighted by atomic mass is 10.0. The van der Waals surface area contributed by atoms with Crippen molar-refractivity contribution in [2.75, 3.05) is 11.4 Å². The lowest BCUT2D eigenvalue weighted by molar-refractivity contribution is 0.0991. The van der Waals surface area contributed by atoms with Gasteiger partial charge in [-0.3, -0.25) is 14.8 Å².